The van der Waals surface area contributed by atoms with E-state index >= 15 is 0 Å². The molecule has 118 valence electrons. The second kappa shape index (κ2) is 6.72. The molecule has 0 spiro atoms. The number of anilines is 1. The second-order valence-electron chi connectivity index (χ2n) is 4.64. The molecule has 1 aromatic rings. The maximum atomic E-state index is 13.5. The third kappa shape index (κ3) is 4.57. The Morgan fingerprint density at radius 1 is 1.33 bits per heavy atom. The molecule has 1 rings (SSSR count). The van der Waals surface area contributed by atoms with Gasteiger partial charge in [-0.15, -0.1) is 0 Å². The molecule has 0 aliphatic heterocycles. The van der Waals surface area contributed by atoms with Gasteiger partial charge in [0.25, 0.3) is 0 Å². The first-order valence-electron chi connectivity index (χ1n) is 6.15. The van der Waals surface area contributed by atoms with E-state index in [4.69, 9.17) is 5.73 Å². The summed E-state index contributed by atoms with van der Waals surface area (Å²) in [5, 5.41) is 2.50. The van der Waals surface area contributed by atoms with Gasteiger partial charge in [0.05, 0.1) is 4.90 Å². The van der Waals surface area contributed by atoms with Gasteiger partial charge in [-0.3, -0.25) is 0 Å². The van der Waals surface area contributed by atoms with Crippen LogP contribution in [0.5, 0.6) is 0 Å². The fraction of sp³-hybridized carbons (Fsp3) is 0.417. The monoisotopic (exact) mass is 318 g/mol. The van der Waals surface area contributed by atoms with Crippen molar-refractivity contribution in [2.24, 2.45) is 0 Å². The van der Waals surface area contributed by atoms with E-state index in [2.05, 4.69) is 10.0 Å². The number of nitrogen functional groups attached to an aromatic ring is 1. The van der Waals surface area contributed by atoms with Crippen molar-refractivity contribution in [3.05, 3.63) is 23.5 Å². The SMILES string of the molecule is Cc1c(N)cc(S(=O)(=O)NCCNC(=O)N(C)C)cc1F. The van der Waals surface area contributed by atoms with Crippen LogP contribution in [0.25, 0.3) is 0 Å². The summed E-state index contributed by atoms with van der Waals surface area (Å²) >= 11 is 0. The summed E-state index contributed by atoms with van der Waals surface area (Å²) in [7, 11) is -0.741. The number of nitrogens with two attached hydrogens (primary N) is 1. The lowest BCUT2D eigenvalue weighted by Gasteiger charge is -2.13. The molecule has 1 aromatic carbocycles. The average Bonchev–Trinajstić information content (AvgIpc) is 2.39. The molecule has 0 radical (unpaired) electrons. The number of halogens is 1. The number of carbonyl (C=O) groups is 1. The van der Waals surface area contributed by atoms with Gasteiger partial charge in [-0.1, -0.05) is 0 Å². The smallest absolute Gasteiger partial charge is 0.316 e. The zero-order valence-corrected chi connectivity index (χ0v) is 12.9. The molecule has 0 aliphatic rings. The molecule has 7 nitrogen and oxygen atoms in total. The summed E-state index contributed by atoms with van der Waals surface area (Å²) < 4.78 is 39.7. The van der Waals surface area contributed by atoms with Gasteiger partial charge in [0.15, 0.2) is 0 Å². The van der Waals surface area contributed by atoms with Crippen LogP contribution in [0.2, 0.25) is 0 Å². The van der Waals surface area contributed by atoms with E-state index < -0.39 is 15.8 Å². The third-order valence-corrected chi connectivity index (χ3v) is 4.21. The normalized spacial score (nSPS) is 11.2. The Hall–Kier alpha value is -1.87. The van der Waals surface area contributed by atoms with Crippen LogP contribution in [0.15, 0.2) is 17.0 Å². The number of sulfonamides is 1. The molecule has 9 heteroatoms. The van der Waals surface area contributed by atoms with Crippen LogP contribution < -0.4 is 15.8 Å². The second-order valence-corrected chi connectivity index (χ2v) is 6.41. The minimum absolute atomic E-state index is 0.0166. The molecular formula is C12H19FN4O3S. The number of amides is 2. The van der Waals surface area contributed by atoms with Crippen molar-refractivity contribution in [1.29, 1.82) is 0 Å². The Bertz CT molecular complexity index is 608. The summed E-state index contributed by atoms with van der Waals surface area (Å²) in [6.07, 6.45) is 0. The van der Waals surface area contributed by atoms with E-state index in [1.165, 1.54) is 17.9 Å². The molecule has 0 aliphatic carbocycles. The van der Waals surface area contributed by atoms with E-state index in [1.807, 2.05) is 0 Å². The minimum atomic E-state index is -3.88. The number of nitrogens with one attached hydrogen (secondary N) is 2. The van der Waals surface area contributed by atoms with Crippen molar-refractivity contribution < 1.29 is 17.6 Å². The highest BCUT2D eigenvalue weighted by Gasteiger charge is 2.17. The molecule has 0 saturated carbocycles. The standard InChI is InChI=1S/C12H19FN4O3S/c1-8-10(13)6-9(7-11(8)14)21(19,20)16-5-4-15-12(18)17(2)3/h6-7,16H,4-5,14H2,1-3H3,(H,15,18). The van der Waals surface area contributed by atoms with Gasteiger partial charge in [-0.2, -0.15) is 0 Å². The first-order valence-corrected chi connectivity index (χ1v) is 7.64. The maximum Gasteiger partial charge on any atom is 0.316 e. The van der Waals surface area contributed by atoms with Gasteiger partial charge in [-0.25, -0.2) is 22.3 Å². The summed E-state index contributed by atoms with van der Waals surface area (Å²) in [6, 6.07) is 1.77. The lowest BCUT2D eigenvalue weighted by molar-refractivity contribution is 0.217. The molecule has 21 heavy (non-hydrogen) atoms. The zero-order valence-electron chi connectivity index (χ0n) is 12.1. The summed E-state index contributed by atoms with van der Waals surface area (Å²) in [4.78, 5) is 12.3. The van der Waals surface area contributed by atoms with Crippen LogP contribution in [0, 0.1) is 12.7 Å². The van der Waals surface area contributed by atoms with Gasteiger partial charge >= 0.3 is 6.03 Å². The molecule has 0 heterocycles. The third-order valence-electron chi connectivity index (χ3n) is 2.77. The number of urea groups is 1. The Morgan fingerprint density at radius 3 is 2.48 bits per heavy atom. The Morgan fingerprint density at radius 2 is 1.95 bits per heavy atom. The lowest BCUT2D eigenvalue weighted by Crippen LogP contribution is -2.39. The quantitative estimate of drug-likeness (QED) is 0.535. The van der Waals surface area contributed by atoms with Crippen LogP contribution in [-0.2, 0) is 10.0 Å². The molecule has 0 fully saturated rings. The molecule has 0 unspecified atom stereocenters. The fourth-order valence-corrected chi connectivity index (χ4v) is 2.50. The molecule has 2 amide bonds. The molecule has 0 saturated heterocycles. The van der Waals surface area contributed by atoms with Gasteiger partial charge in [0, 0.05) is 38.4 Å². The number of hydrogen-bond acceptors (Lipinski definition) is 4. The van der Waals surface area contributed by atoms with Crippen molar-refractivity contribution in [3.63, 3.8) is 0 Å². The van der Waals surface area contributed by atoms with Gasteiger partial charge in [0.1, 0.15) is 5.82 Å². The van der Waals surface area contributed by atoms with Crippen LogP contribution in [-0.4, -0.2) is 46.5 Å². The number of nitrogens with zero attached hydrogens (tertiary/aromatic N) is 1. The van der Waals surface area contributed by atoms with Crippen LogP contribution in [0.3, 0.4) is 0 Å². The largest absolute Gasteiger partial charge is 0.398 e. The predicted molar refractivity (Wildman–Crippen MR) is 77.8 cm³/mol. The van der Waals surface area contributed by atoms with Gasteiger partial charge < -0.3 is 16.0 Å². The van der Waals surface area contributed by atoms with Crippen molar-refractivity contribution in [2.75, 3.05) is 32.9 Å². The summed E-state index contributed by atoms with van der Waals surface area (Å²) in [6.45, 7) is 1.56. The highest BCUT2D eigenvalue weighted by atomic mass is 32.2. The highest BCUT2D eigenvalue weighted by Crippen LogP contribution is 2.20. The Balaban J connectivity index is 2.68. The number of hydrogen-bond donors (Lipinski definition) is 3. The first kappa shape index (κ1) is 17.2. The lowest BCUT2D eigenvalue weighted by atomic mass is 10.2. The predicted octanol–water partition coefficient (Wildman–Crippen LogP) is 0.266. The van der Waals surface area contributed by atoms with Gasteiger partial charge in [0.2, 0.25) is 10.0 Å². The molecular weight excluding hydrogens is 299 g/mol. The fourth-order valence-electron chi connectivity index (χ4n) is 1.43. The van der Waals surface area contributed by atoms with Gasteiger partial charge in [-0.05, 0) is 19.1 Å². The Kier molecular flexibility index (Phi) is 5.50. The van der Waals surface area contributed by atoms with Crippen molar-refractivity contribution in [1.82, 2.24) is 14.9 Å². The molecule has 0 bridgehead atoms. The first-order chi connectivity index (χ1) is 9.65. The Labute approximate surface area is 123 Å². The number of benzene rings is 1. The van der Waals surface area contributed by atoms with E-state index in [1.54, 1.807) is 14.1 Å². The number of carbonyl (C=O) groups excluding carboxylic acids is 1. The molecule has 0 aromatic heterocycles. The molecule has 0 atom stereocenters. The molecule has 4 N–H and O–H groups in total. The van der Waals surface area contributed by atoms with Crippen molar-refractivity contribution >= 4 is 21.7 Å². The van der Waals surface area contributed by atoms with Crippen molar-refractivity contribution in [2.45, 2.75) is 11.8 Å². The summed E-state index contributed by atoms with van der Waals surface area (Å²) in [5.74, 6) is -0.684. The van der Waals surface area contributed by atoms with E-state index in [-0.39, 0.29) is 35.3 Å². The zero-order chi connectivity index (χ0) is 16.2. The van der Waals surface area contributed by atoms with E-state index in [0.29, 0.717) is 0 Å². The van der Waals surface area contributed by atoms with Crippen LogP contribution in [0.1, 0.15) is 5.56 Å². The average molecular weight is 318 g/mol. The minimum Gasteiger partial charge on any atom is -0.398 e. The highest BCUT2D eigenvalue weighted by molar-refractivity contribution is 7.89. The van der Waals surface area contributed by atoms with E-state index in [9.17, 15) is 17.6 Å². The topological polar surface area (TPSA) is 105 Å². The summed E-state index contributed by atoms with van der Waals surface area (Å²) in [5.41, 5.74) is 5.82. The van der Waals surface area contributed by atoms with Crippen LogP contribution in [0.4, 0.5) is 14.9 Å². The number of rotatable bonds is 5. The van der Waals surface area contributed by atoms with Crippen molar-refractivity contribution in [3.8, 4) is 0 Å². The van der Waals surface area contributed by atoms with Crippen LogP contribution >= 0.6 is 0 Å². The van der Waals surface area contributed by atoms with E-state index in [0.717, 1.165) is 6.07 Å². The maximum absolute atomic E-state index is 13.5.